The van der Waals surface area contributed by atoms with E-state index >= 15 is 0 Å². The van der Waals surface area contributed by atoms with Crippen molar-refractivity contribution >= 4 is 12.0 Å². The molecule has 1 aromatic heterocycles. The number of ether oxygens (including phenoxy) is 1. The highest BCUT2D eigenvalue weighted by molar-refractivity contribution is 5.79. The first-order valence-electron chi connectivity index (χ1n) is 10.1. The molecule has 148 valence electrons. The van der Waals surface area contributed by atoms with Crippen LogP contribution in [0.3, 0.4) is 0 Å². The molecule has 8 heteroatoms. The van der Waals surface area contributed by atoms with Gasteiger partial charge in [-0.25, -0.2) is 4.79 Å². The SMILES string of the molecule is CCOC(=O)N1CCC(NCc2cc3n(n2)CCN(C(=O)C2CCC2)C3)C1. The van der Waals surface area contributed by atoms with Gasteiger partial charge in [-0.05, 0) is 32.3 Å². The van der Waals surface area contributed by atoms with Crippen LogP contribution in [0.25, 0.3) is 0 Å². The van der Waals surface area contributed by atoms with Crippen LogP contribution < -0.4 is 5.32 Å². The quantitative estimate of drug-likeness (QED) is 0.840. The molecule has 0 aromatic carbocycles. The summed E-state index contributed by atoms with van der Waals surface area (Å²) in [5.74, 6) is 0.573. The highest BCUT2D eigenvalue weighted by atomic mass is 16.6. The van der Waals surface area contributed by atoms with Crippen molar-refractivity contribution in [1.82, 2.24) is 24.9 Å². The largest absolute Gasteiger partial charge is 0.450 e. The van der Waals surface area contributed by atoms with Gasteiger partial charge in [0.25, 0.3) is 0 Å². The molecule has 1 N–H and O–H groups in total. The summed E-state index contributed by atoms with van der Waals surface area (Å²) in [5, 5.41) is 8.18. The molecular formula is C19H29N5O3. The zero-order valence-electron chi connectivity index (χ0n) is 16.0. The Hall–Kier alpha value is -2.09. The molecule has 3 heterocycles. The molecule has 8 nitrogen and oxygen atoms in total. The van der Waals surface area contributed by atoms with Crippen molar-refractivity contribution in [3.05, 3.63) is 17.5 Å². The summed E-state index contributed by atoms with van der Waals surface area (Å²) in [6, 6.07) is 2.37. The summed E-state index contributed by atoms with van der Waals surface area (Å²) in [5.41, 5.74) is 2.11. The normalized spacial score (nSPS) is 22.5. The van der Waals surface area contributed by atoms with E-state index in [1.165, 1.54) is 6.42 Å². The molecule has 2 amide bonds. The second kappa shape index (κ2) is 7.88. The minimum absolute atomic E-state index is 0.226. The van der Waals surface area contributed by atoms with Gasteiger partial charge in [0, 0.05) is 38.1 Å². The second-order valence-electron chi connectivity index (χ2n) is 7.75. The van der Waals surface area contributed by atoms with Crippen LogP contribution in [-0.2, 0) is 29.2 Å². The smallest absolute Gasteiger partial charge is 0.409 e. The fraction of sp³-hybridized carbons (Fsp3) is 0.737. The number of nitrogens with one attached hydrogen (secondary N) is 1. The van der Waals surface area contributed by atoms with Gasteiger partial charge in [0.1, 0.15) is 0 Å². The molecule has 1 aromatic rings. The van der Waals surface area contributed by atoms with Crippen molar-refractivity contribution in [2.45, 2.75) is 58.3 Å². The van der Waals surface area contributed by atoms with Crippen LogP contribution in [0, 0.1) is 5.92 Å². The number of aromatic nitrogens is 2. The first-order chi connectivity index (χ1) is 13.1. The number of likely N-dealkylation sites (tertiary alicyclic amines) is 1. The topological polar surface area (TPSA) is 79.7 Å². The number of fused-ring (bicyclic) bond motifs is 1. The van der Waals surface area contributed by atoms with Gasteiger partial charge in [0.15, 0.2) is 0 Å². The van der Waals surface area contributed by atoms with Crippen molar-refractivity contribution in [1.29, 1.82) is 0 Å². The van der Waals surface area contributed by atoms with E-state index in [9.17, 15) is 9.59 Å². The van der Waals surface area contributed by atoms with Gasteiger partial charge in [-0.2, -0.15) is 5.10 Å². The predicted octanol–water partition coefficient (Wildman–Crippen LogP) is 1.35. The molecule has 3 aliphatic rings. The van der Waals surface area contributed by atoms with Crippen LogP contribution in [0.1, 0.15) is 44.0 Å². The lowest BCUT2D eigenvalue weighted by atomic mass is 9.84. The predicted molar refractivity (Wildman–Crippen MR) is 98.8 cm³/mol. The van der Waals surface area contributed by atoms with E-state index in [0.717, 1.165) is 50.3 Å². The maximum Gasteiger partial charge on any atom is 0.409 e. The third kappa shape index (κ3) is 3.95. The van der Waals surface area contributed by atoms with Crippen LogP contribution in [-0.4, -0.2) is 63.9 Å². The van der Waals surface area contributed by atoms with Crippen molar-refractivity contribution in [2.75, 3.05) is 26.2 Å². The lowest BCUT2D eigenvalue weighted by Crippen LogP contribution is -2.43. The van der Waals surface area contributed by atoms with Gasteiger partial charge >= 0.3 is 6.09 Å². The lowest BCUT2D eigenvalue weighted by molar-refractivity contribution is -0.139. The fourth-order valence-electron chi connectivity index (χ4n) is 4.07. The maximum absolute atomic E-state index is 12.5. The summed E-state index contributed by atoms with van der Waals surface area (Å²) in [6.07, 6.45) is 3.99. The Morgan fingerprint density at radius 3 is 2.81 bits per heavy atom. The lowest BCUT2D eigenvalue weighted by Gasteiger charge is -2.34. The van der Waals surface area contributed by atoms with E-state index in [1.807, 2.05) is 16.5 Å². The van der Waals surface area contributed by atoms with Crippen LogP contribution in [0.15, 0.2) is 6.07 Å². The Bertz CT molecular complexity index is 700. The van der Waals surface area contributed by atoms with E-state index in [1.54, 1.807) is 4.90 Å². The molecule has 27 heavy (non-hydrogen) atoms. The molecule has 2 fully saturated rings. The van der Waals surface area contributed by atoms with E-state index in [0.29, 0.717) is 32.1 Å². The minimum atomic E-state index is -0.226. The van der Waals surface area contributed by atoms with Crippen molar-refractivity contribution in [3.63, 3.8) is 0 Å². The van der Waals surface area contributed by atoms with Gasteiger partial charge in [-0.3, -0.25) is 9.48 Å². The zero-order valence-corrected chi connectivity index (χ0v) is 16.0. The van der Waals surface area contributed by atoms with Gasteiger partial charge in [0.05, 0.1) is 31.1 Å². The number of hydrogen-bond acceptors (Lipinski definition) is 5. The molecule has 1 atom stereocenters. The van der Waals surface area contributed by atoms with Crippen molar-refractivity contribution < 1.29 is 14.3 Å². The van der Waals surface area contributed by atoms with Crippen LogP contribution in [0.2, 0.25) is 0 Å². The number of carbonyl (C=O) groups excluding carboxylic acids is 2. The monoisotopic (exact) mass is 375 g/mol. The fourth-order valence-corrected chi connectivity index (χ4v) is 4.07. The van der Waals surface area contributed by atoms with Crippen LogP contribution in [0.5, 0.6) is 0 Å². The molecule has 0 spiro atoms. The third-order valence-electron chi connectivity index (χ3n) is 5.90. The highest BCUT2D eigenvalue weighted by Gasteiger charge is 2.32. The number of carbonyl (C=O) groups is 2. The van der Waals surface area contributed by atoms with Gasteiger partial charge < -0.3 is 19.9 Å². The Morgan fingerprint density at radius 2 is 2.07 bits per heavy atom. The molecule has 1 saturated carbocycles. The van der Waals surface area contributed by atoms with Gasteiger partial charge in [-0.1, -0.05) is 6.42 Å². The molecular weight excluding hydrogens is 346 g/mol. The highest BCUT2D eigenvalue weighted by Crippen LogP contribution is 2.29. The number of amides is 2. The molecule has 0 bridgehead atoms. The van der Waals surface area contributed by atoms with Crippen LogP contribution in [0.4, 0.5) is 4.79 Å². The molecule has 1 saturated heterocycles. The first-order valence-corrected chi connectivity index (χ1v) is 10.1. The minimum Gasteiger partial charge on any atom is -0.450 e. The van der Waals surface area contributed by atoms with Crippen molar-refractivity contribution in [3.8, 4) is 0 Å². The van der Waals surface area contributed by atoms with E-state index < -0.39 is 0 Å². The van der Waals surface area contributed by atoms with Gasteiger partial charge in [0.2, 0.25) is 5.91 Å². The maximum atomic E-state index is 12.5. The molecule has 1 unspecified atom stereocenters. The van der Waals surface area contributed by atoms with E-state index in [2.05, 4.69) is 16.5 Å². The molecule has 1 aliphatic carbocycles. The second-order valence-corrected chi connectivity index (χ2v) is 7.75. The molecule has 4 rings (SSSR count). The third-order valence-corrected chi connectivity index (χ3v) is 5.90. The Labute approximate surface area is 159 Å². The summed E-state index contributed by atoms with van der Waals surface area (Å²) >= 11 is 0. The Morgan fingerprint density at radius 1 is 1.22 bits per heavy atom. The Kier molecular flexibility index (Phi) is 5.33. The average Bonchev–Trinajstić information content (AvgIpc) is 3.24. The van der Waals surface area contributed by atoms with Crippen molar-refractivity contribution in [2.24, 2.45) is 5.92 Å². The van der Waals surface area contributed by atoms with Crippen LogP contribution >= 0.6 is 0 Å². The average molecular weight is 375 g/mol. The number of nitrogens with zero attached hydrogens (tertiary/aromatic N) is 4. The zero-order chi connectivity index (χ0) is 18.8. The summed E-state index contributed by atoms with van der Waals surface area (Å²) in [6.45, 7) is 6.52. The Balaban J connectivity index is 1.27. The van der Waals surface area contributed by atoms with Gasteiger partial charge in [-0.15, -0.1) is 0 Å². The standard InChI is InChI=1S/C19H29N5O3/c1-2-27-19(26)23-7-6-15(12-23)20-11-16-10-17-13-22(8-9-24(17)21-16)18(25)14-4-3-5-14/h10,14-15,20H,2-9,11-13H2,1H3. The molecule has 2 aliphatic heterocycles. The summed E-state index contributed by atoms with van der Waals surface area (Å²) < 4.78 is 7.09. The van der Waals surface area contributed by atoms with E-state index in [4.69, 9.17) is 4.74 Å². The summed E-state index contributed by atoms with van der Waals surface area (Å²) in [4.78, 5) is 28.0. The van der Waals surface area contributed by atoms with E-state index in [-0.39, 0.29) is 18.1 Å². The number of rotatable bonds is 5. The summed E-state index contributed by atoms with van der Waals surface area (Å²) in [7, 11) is 0. The first kappa shape index (κ1) is 18.3. The number of hydrogen-bond donors (Lipinski definition) is 1. The molecule has 0 radical (unpaired) electrons.